The number of oxime groups is 1. The zero-order chi connectivity index (χ0) is 13.8. The summed E-state index contributed by atoms with van der Waals surface area (Å²) in [6.07, 6.45) is 0. The molecule has 1 aromatic heterocycles. The minimum atomic E-state index is -0.716. The van der Waals surface area contributed by atoms with Gasteiger partial charge in [0, 0.05) is 0 Å². The monoisotopic (exact) mass is 314 g/mol. The molecule has 0 aliphatic carbocycles. The van der Waals surface area contributed by atoms with Gasteiger partial charge in [-0.05, 0) is 23.6 Å². The van der Waals surface area contributed by atoms with E-state index < -0.39 is 5.97 Å². The van der Waals surface area contributed by atoms with Crippen LogP contribution in [0.15, 0.2) is 40.9 Å². The lowest BCUT2D eigenvalue weighted by Gasteiger charge is -2.02. The molecule has 7 heteroatoms. The van der Waals surface area contributed by atoms with Crippen LogP contribution in [0.5, 0.6) is 0 Å². The average Bonchev–Trinajstić information content (AvgIpc) is 2.93. The van der Waals surface area contributed by atoms with E-state index in [9.17, 15) is 4.79 Å². The van der Waals surface area contributed by atoms with Crippen molar-refractivity contribution in [2.45, 2.75) is 0 Å². The zero-order valence-corrected chi connectivity index (χ0v) is 11.8. The van der Waals surface area contributed by atoms with Gasteiger partial charge in [0.1, 0.15) is 0 Å². The number of amidine groups is 1. The molecule has 19 heavy (non-hydrogen) atoms. The van der Waals surface area contributed by atoms with Crippen LogP contribution in [0.4, 0.5) is 0 Å². The van der Waals surface area contributed by atoms with E-state index in [1.165, 1.54) is 17.4 Å². The molecule has 0 radical (unpaired) electrons. The van der Waals surface area contributed by atoms with Gasteiger partial charge in [-0.1, -0.05) is 40.5 Å². The largest absolute Gasteiger partial charge is 0.380 e. The number of carbonyl (C=O) groups excluding carboxylic acids is 1. The van der Waals surface area contributed by atoms with Gasteiger partial charge in [-0.25, -0.2) is 4.79 Å². The van der Waals surface area contributed by atoms with Crippen molar-refractivity contribution in [3.63, 3.8) is 0 Å². The maximum atomic E-state index is 11.8. The van der Waals surface area contributed by atoms with Crippen molar-refractivity contribution >= 4 is 46.3 Å². The second-order valence-corrected chi connectivity index (χ2v) is 5.17. The van der Waals surface area contributed by atoms with Gasteiger partial charge in [0.25, 0.3) is 0 Å². The number of halogens is 2. The van der Waals surface area contributed by atoms with Gasteiger partial charge in [0.15, 0.2) is 5.84 Å². The van der Waals surface area contributed by atoms with E-state index >= 15 is 0 Å². The molecule has 0 unspecified atom stereocenters. The molecule has 2 N–H and O–H groups in total. The van der Waals surface area contributed by atoms with Gasteiger partial charge >= 0.3 is 5.97 Å². The molecule has 0 amide bonds. The highest BCUT2D eigenvalue weighted by atomic mass is 35.5. The quantitative estimate of drug-likeness (QED) is 0.408. The Bertz CT molecular complexity index is 627. The molecule has 98 valence electrons. The molecule has 0 aliphatic rings. The minimum absolute atomic E-state index is 0.124. The van der Waals surface area contributed by atoms with E-state index in [0.717, 1.165) is 0 Å². The van der Waals surface area contributed by atoms with Crippen LogP contribution in [0, 0.1) is 0 Å². The molecule has 0 aliphatic heterocycles. The minimum Gasteiger partial charge on any atom is -0.380 e. The molecule has 0 saturated carbocycles. The summed E-state index contributed by atoms with van der Waals surface area (Å²) in [6.45, 7) is 0. The first kappa shape index (κ1) is 13.9. The number of nitrogens with two attached hydrogens (primary N) is 1. The molecule has 2 aromatic rings. The van der Waals surface area contributed by atoms with Crippen LogP contribution in [-0.2, 0) is 4.84 Å². The first-order valence-electron chi connectivity index (χ1n) is 5.12. The fraction of sp³-hybridized carbons (Fsp3) is 0. The number of benzene rings is 1. The van der Waals surface area contributed by atoms with Crippen LogP contribution >= 0.6 is 34.5 Å². The van der Waals surface area contributed by atoms with E-state index in [1.54, 1.807) is 18.2 Å². The normalized spacial score (nSPS) is 11.4. The predicted molar refractivity (Wildman–Crippen MR) is 76.9 cm³/mol. The SMILES string of the molecule is N/C(=N\OC(=O)c1cccc(Cl)c1Cl)c1cccs1. The van der Waals surface area contributed by atoms with Gasteiger partial charge in [-0.15, -0.1) is 11.3 Å². The summed E-state index contributed by atoms with van der Waals surface area (Å²) in [7, 11) is 0. The van der Waals surface area contributed by atoms with Gasteiger partial charge in [0.05, 0.1) is 20.5 Å². The summed E-state index contributed by atoms with van der Waals surface area (Å²) >= 11 is 13.1. The molecule has 0 fully saturated rings. The van der Waals surface area contributed by atoms with Crippen molar-refractivity contribution in [2.24, 2.45) is 10.9 Å². The van der Waals surface area contributed by atoms with Crippen LogP contribution in [0.2, 0.25) is 10.0 Å². The predicted octanol–water partition coefficient (Wildman–Crippen LogP) is 3.53. The summed E-state index contributed by atoms with van der Waals surface area (Å²) in [5.74, 6) is -0.589. The first-order chi connectivity index (χ1) is 9.09. The molecule has 0 bridgehead atoms. The Morgan fingerprint density at radius 3 is 2.74 bits per heavy atom. The fourth-order valence-electron chi connectivity index (χ4n) is 1.27. The molecule has 4 nitrogen and oxygen atoms in total. The number of thiophene rings is 1. The summed E-state index contributed by atoms with van der Waals surface area (Å²) in [4.78, 5) is 17.2. The number of hydrogen-bond donors (Lipinski definition) is 1. The van der Waals surface area contributed by atoms with Gasteiger partial charge in [-0.3, -0.25) is 0 Å². The molecule has 0 spiro atoms. The second-order valence-electron chi connectivity index (χ2n) is 3.43. The van der Waals surface area contributed by atoms with Crippen molar-refractivity contribution in [3.05, 3.63) is 56.2 Å². The lowest BCUT2D eigenvalue weighted by Crippen LogP contribution is -2.13. The second kappa shape index (κ2) is 6.06. The lowest BCUT2D eigenvalue weighted by atomic mass is 10.2. The third kappa shape index (κ3) is 3.26. The molecule has 0 saturated heterocycles. The van der Waals surface area contributed by atoms with E-state index in [1.807, 2.05) is 11.4 Å². The van der Waals surface area contributed by atoms with E-state index in [4.69, 9.17) is 33.8 Å². The Labute approximate surface area is 123 Å². The van der Waals surface area contributed by atoms with Crippen LogP contribution < -0.4 is 5.73 Å². The van der Waals surface area contributed by atoms with Gasteiger partial charge < -0.3 is 10.6 Å². The Morgan fingerprint density at radius 1 is 1.26 bits per heavy atom. The standard InChI is InChI=1S/C12H8Cl2N2O2S/c13-8-4-1-3-7(10(8)14)12(17)18-16-11(15)9-5-2-6-19-9/h1-6H,(H2,15,16). The lowest BCUT2D eigenvalue weighted by molar-refractivity contribution is 0.0516. The molecular formula is C12H8Cl2N2O2S. The Hall–Kier alpha value is -1.56. The van der Waals surface area contributed by atoms with Crippen LogP contribution in [0.1, 0.15) is 15.2 Å². The van der Waals surface area contributed by atoms with E-state index in [-0.39, 0.29) is 21.4 Å². The van der Waals surface area contributed by atoms with Crippen molar-refractivity contribution in [2.75, 3.05) is 0 Å². The number of nitrogens with zero attached hydrogens (tertiary/aromatic N) is 1. The first-order valence-corrected chi connectivity index (χ1v) is 6.76. The topological polar surface area (TPSA) is 64.7 Å². The van der Waals surface area contributed by atoms with Crippen molar-refractivity contribution in [1.29, 1.82) is 0 Å². The Balaban J connectivity index is 2.14. The average molecular weight is 315 g/mol. The molecule has 2 rings (SSSR count). The third-order valence-electron chi connectivity index (χ3n) is 2.17. The van der Waals surface area contributed by atoms with Crippen molar-refractivity contribution in [1.82, 2.24) is 0 Å². The highest BCUT2D eigenvalue weighted by Crippen LogP contribution is 2.26. The molecule has 1 aromatic carbocycles. The van der Waals surface area contributed by atoms with Crippen molar-refractivity contribution in [3.8, 4) is 0 Å². The number of rotatable bonds is 3. The highest BCUT2D eigenvalue weighted by molar-refractivity contribution is 7.12. The maximum Gasteiger partial charge on any atom is 0.367 e. The van der Waals surface area contributed by atoms with Gasteiger partial charge in [-0.2, -0.15) is 0 Å². The van der Waals surface area contributed by atoms with E-state index in [0.29, 0.717) is 4.88 Å². The summed E-state index contributed by atoms with van der Waals surface area (Å²) in [6, 6.07) is 8.25. The van der Waals surface area contributed by atoms with Crippen LogP contribution in [0.3, 0.4) is 0 Å². The van der Waals surface area contributed by atoms with Crippen LogP contribution in [0.25, 0.3) is 0 Å². The van der Waals surface area contributed by atoms with Crippen molar-refractivity contribution < 1.29 is 9.63 Å². The molecule has 1 heterocycles. The Morgan fingerprint density at radius 2 is 2.05 bits per heavy atom. The molecule has 0 atom stereocenters. The highest BCUT2D eigenvalue weighted by Gasteiger charge is 2.14. The smallest absolute Gasteiger partial charge is 0.367 e. The Kier molecular flexibility index (Phi) is 4.42. The zero-order valence-electron chi connectivity index (χ0n) is 9.47. The summed E-state index contributed by atoms with van der Waals surface area (Å²) < 4.78 is 0. The fourth-order valence-corrected chi connectivity index (χ4v) is 2.27. The summed E-state index contributed by atoms with van der Waals surface area (Å²) in [5.41, 5.74) is 5.79. The molecular weight excluding hydrogens is 307 g/mol. The van der Waals surface area contributed by atoms with Crippen LogP contribution in [-0.4, -0.2) is 11.8 Å². The maximum absolute atomic E-state index is 11.8. The van der Waals surface area contributed by atoms with Gasteiger partial charge in [0.2, 0.25) is 0 Å². The van der Waals surface area contributed by atoms with E-state index in [2.05, 4.69) is 5.16 Å². The number of carbonyl (C=O) groups is 1. The number of hydrogen-bond acceptors (Lipinski definition) is 4. The summed E-state index contributed by atoms with van der Waals surface area (Å²) in [5, 5.41) is 5.80. The third-order valence-corrected chi connectivity index (χ3v) is 3.88.